The standard InChI is InChI=1S/C16H17F3N2O2S/c1-11-4-5-13(14(7-11)23-10-16(17,18)19)20-9-15(22)21-8-12-3-2-6-24-12/h2-7,20H,8-10H2,1H3,(H,21,22). The number of benzene rings is 1. The first-order chi connectivity index (χ1) is 11.3. The fourth-order valence-electron chi connectivity index (χ4n) is 1.89. The largest absolute Gasteiger partial charge is 0.482 e. The van der Waals surface area contributed by atoms with Crippen LogP contribution in [0.5, 0.6) is 5.75 Å². The maximum Gasteiger partial charge on any atom is 0.422 e. The minimum Gasteiger partial charge on any atom is -0.482 e. The molecule has 0 radical (unpaired) electrons. The summed E-state index contributed by atoms with van der Waals surface area (Å²) in [6, 6.07) is 8.61. The monoisotopic (exact) mass is 358 g/mol. The van der Waals surface area contributed by atoms with Crippen LogP contribution >= 0.6 is 11.3 Å². The summed E-state index contributed by atoms with van der Waals surface area (Å²) in [4.78, 5) is 12.8. The van der Waals surface area contributed by atoms with Crippen molar-refractivity contribution in [2.75, 3.05) is 18.5 Å². The Bertz CT molecular complexity index is 672. The van der Waals surface area contributed by atoms with E-state index in [4.69, 9.17) is 4.74 Å². The van der Waals surface area contributed by atoms with Crippen molar-refractivity contribution in [2.24, 2.45) is 0 Å². The summed E-state index contributed by atoms with van der Waals surface area (Å²) in [5, 5.41) is 7.45. The lowest BCUT2D eigenvalue weighted by Gasteiger charge is -2.15. The molecule has 0 atom stereocenters. The number of carbonyl (C=O) groups is 1. The van der Waals surface area contributed by atoms with Gasteiger partial charge in [0, 0.05) is 4.88 Å². The number of halogens is 3. The maximum atomic E-state index is 12.3. The number of nitrogens with one attached hydrogen (secondary N) is 2. The second-order valence-corrected chi connectivity index (χ2v) is 6.15. The molecule has 0 spiro atoms. The highest BCUT2D eigenvalue weighted by Crippen LogP contribution is 2.27. The van der Waals surface area contributed by atoms with Gasteiger partial charge >= 0.3 is 6.18 Å². The van der Waals surface area contributed by atoms with Crippen LogP contribution in [-0.4, -0.2) is 25.2 Å². The summed E-state index contributed by atoms with van der Waals surface area (Å²) < 4.78 is 41.8. The highest BCUT2D eigenvalue weighted by molar-refractivity contribution is 7.09. The van der Waals surface area contributed by atoms with Gasteiger partial charge in [-0.3, -0.25) is 4.79 Å². The number of thiophene rings is 1. The van der Waals surface area contributed by atoms with Gasteiger partial charge in [-0.25, -0.2) is 0 Å². The number of ether oxygens (including phenoxy) is 1. The number of alkyl halides is 3. The molecular weight excluding hydrogens is 341 g/mol. The molecule has 0 aliphatic heterocycles. The molecule has 8 heteroatoms. The molecule has 0 saturated carbocycles. The second-order valence-electron chi connectivity index (χ2n) is 5.11. The van der Waals surface area contributed by atoms with Gasteiger partial charge in [0.2, 0.25) is 5.91 Å². The molecule has 2 N–H and O–H groups in total. The van der Waals surface area contributed by atoms with E-state index in [0.717, 1.165) is 10.4 Å². The zero-order valence-corrected chi connectivity index (χ0v) is 13.8. The van der Waals surface area contributed by atoms with E-state index in [2.05, 4.69) is 10.6 Å². The third-order valence-electron chi connectivity index (χ3n) is 3.01. The summed E-state index contributed by atoms with van der Waals surface area (Å²) in [7, 11) is 0. The molecule has 0 unspecified atom stereocenters. The van der Waals surface area contributed by atoms with E-state index in [0.29, 0.717) is 12.2 Å². The van der Waals surface area contributed by atoms with E-state index >= 15 is 0 Å². The first kappa shape index (κ1) is 18.1. The predicted octanol–water partition coefficient (Wildman–Crippen LogP) is 3.73. The highest BCUT2D eigenvalue weighted by Gasteiger charge is 2.28. The van der Waals surface area contributed by atoms with Gasteiger partial charge in [-0.05, 0) is 36.1 Å². The van der Waals surface area contributed by atoms with Crippen molar-refractivity contribution < 1.29 is 22.7 Å². The SMILES string of the molecule is Cc1ccc(NCC(=O)NCc2cccs2)c(OCC(F)(F)F)c1. The number of hydrogen-bond acceptors (Lipinski definition) is 4. The predicted molar refractivity (Wildman–Crippen MR) is 87.4 cm³/mol. The van der Waals surface area contributed by atoms with Crippen molar-refractivity contribution >= 4 is 22.9 Å². The number of carbonyl (C=O) groups excluding carboxylic acids is 1. The summed E-state index contributed by atoms with van der Waals surface area (Å²) >= 11 is 1.53. The Hall–Kier alpha value is -2.22. The van der Waals surface area contributed by atoms with Crippen molar-refractivity contribution in [3.05, 3.63) is 46.2 Å². The van der Waals surface area contributed by atoms with Crippen molar-refractivity contribution in [3.63, 3.8) is 0 Å². The molecule has 2 rings (SSSR count). The van der Waals surface area contributed by atoms with Gasteiger partial charge in [-0.2, -0.15) is 13.2 Å². The number of anilines is 1. The van der Waals surface area contributed by atoms with Crippen LogP contribution in [0.2, 0.25) is 0 Å². The Labute approximate surface area is 141 Å². The summed E-state index contributed by atoms with van der Waals surface area (Å²) in [6.45, 7) is 0.730. The van der Waals surface area contributed by atoms with E-state index in [1.54, 1.807) is 19.1 Å². The lowest BCUT2D eigenvalue weighted by molar-refractivity contribution is -0.153. The number of hydrogen-bond donors (Lipinski definition) is 2. The minimum absolute atomic E-state index is 0.0587. The van der Waals surface area contributed by atoms with E-state index in [1.807, 2.05) is 17.5 Å². The summed E-state index contributed by atoms with van der Waals surface area (Å²) in [5.41, 5.74) is 1.11. The van der Waals surface area contributed by atoms with Gasteiger partial charge in [-0.15, -0.1) is 11.3 Å². The molecular formula is C16H17F3N2O2S. The molecule has 130 valence electrons. The first-order valence-corrected chi connectivity index (χ1v) is 8.04. The third-order valence-corrected chi connectivity index (χ3v) is 3.88. The Morgan fingerprint density at radius 2 is 2.08 bits per heavy atom. The molecule has 0 bridgehead atoms. The van der Waals surface area contributed by atoms with Crippen molar-refractivity contribution in [3.8, 4) is 5.75 Å². The van der Waals surface area contributed by atoms with Crippen LogP contribution in [0.3, 0.4) is 0 Å². The third kappa shape index (κ3) is 6.11. The van der Waals surface area contributed by atoms with E-state index in [1.165, 1.54) is 17.4 Å². The van der Waals surface area contributed by atoms with Gasteiger partial charge < -0.3 is 15.4 Å². The van der Waals surface area contributed by atoms with Crippen LogP contribution in [0.1, 0.15) is 10.4 Å². The summed E-state index contributed by atoms with van der Waals surface area (Å²) in [5.74, 6) is -0.191. The molecule has 0 aliphatic rings. The molecule has 0 aliphatic carbocycles. The Morgan fingerprint density at radius 3 is 2.75 bits per heavy atom. The van der Waals surface area contributed by atoms with Crippen molar-refractivity contribution in [1.82, 2.24) is 5.32 Å². The number of amides is 1. The molecule has 24 heavy (non-hydrogen) atoms. The number of aryl methyl sites for hydroxylation is 1. The quantitative estimate of drug-likeness (QED) is 0.793. The number of rotatable bonds is 7. The first-order valence-electron chi connectivity index (χ1n) is 7.16. The van der Waals surface area contributed by atoms with Gasteiger partial charge in [0.1, 0.15) is 5.75 Å². The van der Waals surface area contributed by atoms with Gasteiger partial charge in [0.15, 0.2) is 6.61 Å². The zero-order valence-electron chi connectivity index (χ0n) is 12.9. The van der Waals surface area contributed by atoms with Gasteiger partial charge in [0.05, 0.1) is 18.8 Å². The van der Waals surface area contributed by atoms with Crippen molar-refractivity contribution in [1.29, 1.82) is 0 Å². The van der Waals surface area contributed by atoms with E-state index < -0.39 is 12.8 Å². The van der Waals surface area contributed by atoms with Crippen LogP contribution in [0.15, 0.2) is 35.7 Å². The molecule has 1 heterocycles. The van der Waals surface area contributed by atoms with Crippen molar-refractivity contribution in [2.45, 2.75) is 19.6 Å². The maximum absolute atomic E-state index is 12.3. The molecule has 1 aromatic carbocycles. The van der Waals surface area contributed by atoms with E-state index in [9.17, 15) is 18.0 Å². The van der Waals surface area contributed by atoms with Crippen LogP contribution in [0.25, 0.3) is 0 Å². The lowest BCUT2D eigenvalue weighted by atomic mass is 10.2. The molecule has 0 saturated heterocycles. The molecule has 1 aromatic heterocycles. The average Bonchev–Trinajstić information content (AvgIpc) is 3.02. The highest BCUT2D eigenvalue weighted by atomic mass is 32.1. The topological polar surface area (TPSA) is 50.4 Å². The Morgan fingerprint density at radius 1 is 1.29 bits per heavy atom. The Balaban J connectivity index is 1.89. The van der Waals surface area contributed by atoms with Gasteiger partial charge in [-0.1, -0.05) is 12.1 Å². The van der Waals surface area contributed by atoms with Gasteiger partial charge in [0.25, 0.3) is 0 Å². The second kappa shape index (κ2) is 8.05. The van der Waals surface area contributed by atoms with Crippen LogP contribution in [0, 0.1) is 6.92 Å². The zero-order chi connectivity index (χ0) is 17.6. The normalized spacial score (nSPS) is 11.2. The molecule has 1 amide bonds. The average molecular weight is 358 g/mol. The fraction of sp³-hybridized carbons (Fsp3) is 0.312. The molecule has 0 fully saturated rings. The van der Waals surface area contributed by atoms with Crippen LogP contribution < -0.4 is 15.4 Å². The summed E-state index contributed by atoms with van der Waals surface area (Å²) in [6.07, 6.45) is -4.42. The lowest BCUT2D eigenvalue weighted by Crippen LogP contribution is -2.29. The molecule has 2 aromatic rings. The van der Waals surface area contributed by atoms with Crippen LogP contribution in [-0.2, 0) is 11.3 Å². The van der Waals surface area contributed by atoms with Crippen LogP contribution in [0.4, 0.5) is 18.9 Å². The minimum atomic E-state index is -4.42. The Kier molecular flexibility index (Phi) is 6.08. The fourth-order valence-corrected chi connectivity index (χ4v) is 2.54. The molecule has 4 nitrogen and oxygen atoms in total. The smallest absolute Gasteiger partial charge is 0.422 e. The van der Waals surface area contributed by atoms with E-state index in [-0.39, 0.29) is 18.2 Å².